The van der Waals surface area contributed by atoms with Gasteiger partial charge in [-0.2, -0.15) is 0 Å². The highest BCUT2D eigenvalue weighted by Crippen LogP contribution is 2.10. The zero-order chi connectivity index (χ0) is 15.8. The lowest BCUT2D eigenvalue weighted by Gasteiger charge is -2.05. The molecule has 1 heterocycles. The summed E-state index contributed by atoms with van der Waals surface area (Å²) >= 11 is 1.69. The minimum Gasteiger partial charge on any atom is -0.370 e. The summed E-state index contributed by atoms with van der Waals surface area (Å²) in [5.41, 5.74) is 5.73. The number of rotatable bonds is 7. The topological polar surface area (TPSA) is 84.5 Å². The van der Waals surface area contributed by atoms with E-state index in [2.05, 4.69) is 16.4 Å². The molecule has 1 aromatic heterocycles. The van der Waals surface area contributed by atoms with Gasteiger partial charge < -0.3 is 11.1 Å². The van der Waals surface area contributed by atoms with E-state index in [1.54, 1.807) is 41.7 Å². The third-order valence-electron chi connectivity index (χ3n) is 3.00. The molecule has 0 unspecified atom stereocenters. The molecule has 0 aliphatic rings. The largest absolute Gasteiger partial charge is 0.370 e. The second-order valence-corrected chi connectivity index (χ2v) is 7.80. The van der Waals surface area contributed by atoms with Gasteiger partial charge in [-0.05, 0) is 30.0 Å². The van der Waals surface area contributed by atoms with Crippen LogP contribution >= 0.6 is 35.3 Å². The maximum absolute atomic E-state index is 12.1. The molecule has 0 saturated heterocycles. The van der Waals surface area contributed by atoms with Crippen LogP contribution in [0.25, 0.3) is 0 Å². The van der Waals surface area contributed by atoms with Gasteiger partial charge in [0.15, 0.2) is 15.8 Å². The SMILES string of the molecule is I.NC(=NCCS(=O)(=O)c1ccccc1)NCCc1cccs1. The molecule has 8 heteroatoms. The van der Waals surface area contributed by atoms with E-state index in [9.17, 15) is 8.42 Å². The summed E-state index contributed by atoms with van der Waals surface area (Å²) in [6.45, 7) is 0.830. The molecular weight excluding hydrogens is 445 g/mol. The van der Waals surface area contributed by atoms with Crippen LogP contribution in [0.4, 0.5) is 0 Å². The van der Waals surface area contributed by atoms with Crippen molar-refractivity contribution in [2.75, 3.05) is 18.8 Å². The highest BCUT2D eigenvalue weighted by molar-refractivity contribution is 14.0. The van der Waals surface area contributed by atoms with Crippen molar-refractivity contribution in [1.82, 2.24) is 5.32 Å². The van der Waals surface area contributed by atoms with Gasteiger partial charge >= 0.3 is 0 Å². The van der Waals surface area contributed by atoms with Gasteiger partial charge in [-0.1, -0.05) is 24.3 Å². The zero-order valence-corrected chi connectivity index (χ0v) is 16.5. The molecule has 3 N–H and O–H groups in total. The Morgan fingerprint density at radius 1 is 1.17 bits per heavy atom. The molecule has 0 saturated carbocycles. The first kappa shape index (κ1) is 19.9. The molecule has 5 nitrogen and oxygen atoms in total. The zero-order valence-electron chi connectivity index (χ0n) is 12.5. The van der Waals surface area contributed by atoms with Crippen LogP contribution < -0.4 is 11.1 Å². The van der Waals surface area contributed by atoms with E-state index < -0.39 is 9.84 Å². The van der Waals surface area contributed by atoms with Gasteiger partial charge in [0.1, 0.15) is 0 Å². The maximum atomic E-state index is 12.1. The van der Waals surface area contributed by atoms with Crippen molar-refractivity contribution in [3.63, 3.8) is 0 Å². The first-order chi connectivity index (χ1) is 10.6. The van der Waals surface area contributed by atoms with Gasteiger partial charge in [-0.15, -0.1) is 35.3 Å². The molecule has 0 aliphatic heterocycles. The number of hydrogen-bond donors (Lipinski definition) is 2. The Morgan fingerprint density at radius 3 is 2.57 bits per heavy atom. The van der Waals surface area contributed by atoms with E-state index in [1.807, 2.05) is 11.4 Å². The van der Waals surface area contributed by atoms with Crippen molar-refractivity contribution < 1.29 is 8.42 Å². The molecule has 0 bridgehead atoms. The number of nitrogens with zero attached hydrogens (tertiary/aromatic N) is 1. The maximum Gasteiger partial charge on any atom is 0.188 e. The van der Waals surface area contributed by atoms with Gasteiger partial charge in [0.25, 0.3) is 0 Å². The smallest absolute Gasteiger partial charge is 0.188 e. The third kappa shape index (κ3) is 6.88. The lowest BCUT2D eigenvalue weighted by atomic mass is 10.3. The van der Waals surface area contributed by atoms with Gasteiger partial charge in [0.05, 0.1) is 17.2 Å². The van der Waals surface area contributed by atoms with Crippen LogP contribution in [-0.2, 0) is 16.3 Å². The molecule has 23 heavy (non-hydrogen) atoms. The van der Waals surface area contributed by atoms with Crippen LogP contribution in [0.1, 0.15) is 4.88 Å². The summed E-state index contributed by atoms with van der Waals surface area (Å²) < 4.78 is 24.1. The van der Waals surface area contributed by atoms with Crippen molar-refractivity contribution in [1.29, 1.82) is 0 Å². The Kier molecular flexibility index (Phi) is 8.56. The van der Waals surface area contributed by atoms with Gasteiger partial charge in [0.2, 0.25) is 0 Å². The lowest BCUT2D eigenvalue weighted by Crippen LogP contribution is -2.33. The molecule has 0 spiro atoms. The average Bonchev–Trinajstić information content (AvgIpc) is 3.01. The van der Waals surface area contributed by atoms with E-state index in [0.717, 1.165) is 6.42 Å². The van der Waals surface area contributed by atoms with Gasteiger partial charge in [0, 0.05) is 11.4 Å². The van der Waals surface area contributed by atoms with E-state index in [-0.39, 0.29) is 42.2 Å². The number of nitrogens with two attached hydrogens (primary N) is 1. The van der Waals surface area contributed by atoms with E-state index in [4.69, 9.17) is 5.73 Å². The standard InChI is InChI=1S/C15H19N3O2S2.HI/c16-15(17-9-8-13-5-4-11-21-13)18-10-12-22(19,20)14-6-2-1-3-7-14;/h1-7,11H,8-10,12H2,(H3,16,17,18);1H. The molecule has 1 aromatic carbocycles. The number of thiophene rings is 1. The second-order valence-electron chi connectivity index (χ2n) is 4.66. The van der Waals surface area contributed by atoms with Crippen LogP contribution in [0.15, 0.2) is 57.7 Å². The molecule has 2 rings (SSSR count). The first-order valence-electron chi connectivity index (χ1n) is 6.92. The number of guanidine groups is 1. The second kappa shape index (κ2) is 9.89. The fourth-order valence-corrected chi connectivity index (χ4v) is 3.70. The minimum absolute atomic E-state index is 0. The normalized spacial score (nSPS) is 11.7. The Balaban J connectivity index is 0.00000264. The predicted octanol–water partition coefficient (Wildman–Crippen LogP) is 2.29. The fraction of sp³-hybridized carbons (Fsp3) is 0.267. The van der Waals surface area contributed by atoms with Crippen molar-refractivity contribution in [2.24, 2.45) is 10.7 Å². The monoisotopic (exact) mass is 465 g/mol. The van der Waals surface area contributed by atoms with E-state index in [0.29, 0.717) is 11.4 Å². The highest BCUT2D eigenvalue weighted by Gasteiger charge is 2.12. The molecular formula is C15H20IN3O2S2. The van der Waals surface area contributed by atoms with Gasteiger partial charge in [-0.3, -0.25) is 4.99 Å². The molecule has 0 fully saturated rings. The predicted molar refractivity (Wildman–Crippen MR) is 106 cm³/mol. The van der Waals surface area contributed by atoms with Crippen molar-refractivity contribution >= 4 is 51.1 Å². The lowest BCUT2D eigenvalue weighted by molar-refractivity contribution is 0.596. The molecule has 2 aromatic rings. The first-order valence-corrected chi connectivity index (χ1v) is 9.45. The van der Waals surface area contributed by atoms with Gasteiger partial charge in [-0.25, -0.2) is 8.42 Å². The van der Waals surface area contributed by atoms with E-state index in [1.165, 1.54) is 4.88 Å². The summed E-state index contributed by atoms with van der Waals surface area (Å²) in [6, 6.07) is 12.4. The number of halogens is 1. The van der Waals surface area contributed by atoms with Crippen LogP contribution in [0.3, 0.4) is 0 Å². The summed E-state index contributed by atoms with van der Waals surface area (Å²) in [4.78, 5) is 5.65. The van der Waals surface area contributed by atoms with Crippen molar-refractivity contribution in [2.45, 2.75) is 11.3 Å². The third-order valence-corrected chi connectivity index (χ3v) is 5.65. The summed E-state index contributed by atoms with van der Waals surface area (Å²) in [5.74, 6) is 0.226. The number of hydrogen-bond acceptors (Lipinski definition) is 4. The summed E-state index contributed by atoms with van der Waals surface area (Å²) in [7, 11) is -3.30. The number of benzene rings is 1. The Bertz CT molecular complexity index is 702. The molecule has 126 valence electrons. The minimum atomic E-state index is -3.30. The Hall–Kier alpha value is -1.13. The Morgan fingerprint density at radius 2 is 1.91 bits per heavy atom. The summed E-state index contributed by atoms with van der Waals surface area (Å²) in [6.07, 6.45) is 0.871. The van der Waals surface area contributed by atoms with Crippen molar-refractivity contribution in [3.05, 3.63) is 52.7 Å². The van der Waals surface area contributed by atoms with Crippen LogP contribution in [0.5, 0.6) is 0 Å². The molecule has 0 amide bonds. The van der Waals surface area contributed by atoms with Crippen LogP contribution in [0.2, 0.25) is 0 Å². The number of nitrogens with one attached hydrogen (secondary N) is 1. The average molecular weight is 465 g/mol. The van der Waals surface area contributed by atoms with Crippen molar-refractivity contribution in [3.8, 4) is 0 Å². The molecule has 0 atom stereocenters. The van der Waals surface area contributed by atoms with Crippen LogP contribution in [0, 0.1) is 0 Å². The number of sulfone groups is 1. The summed E-state index contributed by atoms with van der Waals surface area (Å²) in [5, 5.41) is 5.02. The molecule has 0 aliphatic carbocycles. The quantitative estimate of drug-likeness (QED) is 0.374. The Labute approximate surface area is 158 Å². The fourth-order valence-electron chi connectivity index (χ4n) is 1.86. The highest BCUT2D eigenvalue weighted by atomic mass is 127. The van der Waals surface area contributed by atoms with Crippen LogP contribution in [-0.4, -0.2) is 33.2 Å². The molecule has 0 radical (unpaired) electrons. The van der Waals surface area contributed by atoms with E-state index >= 15 is 0 Å². The number of aliphatic imine (C=N–C) groups is 1.